The Bertz CT molecular complexity index is 678. The van der Waals surface area contributed by atoms with Gasteiger partial charge >= 0.3 is 0 Å². The van der Waals surface area contributed by atoms with E-state index in [1.54, 1.807) is 6.21 Å². The standard InChI is InChI=1S/C18H22N4O/c1-14-6-4-5-7-17(14)19-13-18(23)21-20-12-15-8-10-16(11-9-15)22(2)3/h4-12,19H,13H2,1-3H3,(H,21,23)/b20-12+. The van der Waals surface area contributed by atoms with Crippen molar-refractivity contribution in [2.24, 2.45) is 5.10 Å². The Balaban J connectivity index is 1.80. The molecule has 0 saturated heterocycles. The second-order valence-corrected chi connectivity index (χ2v) is 5.45. The second-order valence-electron chi connectivity index (χ2n) is 5.45. The number of hydrogen-bond acceptors (Lipinski definition) is 4. The molecule has 0 aliphatic heterocycles. The molecule has 23 heavy (non-hydrogen) atoms. The Morgan fingerprint density at radius 1 is 1.13 bits per heavy atom. The third-order valence-corrected chi connectivity index (χ3v) is 3.40. The number of aryl methyl sites for hydroxylation is 1. The molecule has 0 aliphatic carbocycles. The lowest BCUT2D eigenvalue weighted by atomic mass is 10.2. The van der Waals surface area contributed by atoms with Gasteiger partial charge in [-0.05, 0) is 36.2 Å². The molecule has 120 valence electrons. The summed E-state index contributed by atoms with van der Waals surface area (Å²) < 4.78 is 0. The number of nitrogens with zero attached hydrogens (tertiary/aromatic N) is 2. The van der Waals surface area contributed by atoms with Crippen molar-refractivity contribution in [2.75, 3.05) is 30.9 Å². The molecule has 2 rings (SSSR count). The summed E-state index contributed by atoms with van der Waals surface area (Å²) in [6, 6.07) is 15.8. The van der Waals surface area contributed by atoms with Crippen LogP contribution in [0.1, 0.15) is 11.1 Å². The van der Waals surface area contributed by atoms with Crippen LogP contribution >= 0.6 is 0 Å². The predicted octanol–water partition coefficient (Wildman–Crippen LogP) is 2.62. The summed E-state index contributed by atoms with van der Waals surface area (Å²) in [4.78, 5) is 13.8. The molecule has 0 saturated carbocycles. The van der Waals surface area contributed by atoms with Gasteiger partial charge in [-0.25, -0.2) is 5.43 Å². The lowest BCUT2D eigenvalue weighted by molar-refractivity contribution is -0.119. The molecule has 0 bridgehead atoms. The minimum Gasteiger partial charge on any atom is -0.378 e. The summed E-state index contributed by atoms with van der Waals surface area (Å²) in [6.07, 6.45) is 1.63. The SMILES string of the molecule is Cc1ccccc1NCC(=O)N/N=C/c1ccc(N(C)C)cc1. The Morgan fingerprint density at radius 2 is 1.83 bits per heavy atom. The molecule has 0 aliphatic rings. The summed E-state index contributed by atoms with van der Waals surface area (Å²) in [5.41, 5.74) is 6.62. The highest BCUT2D eigenvalue weighted by molar-refractivity contribution is 5.84. The van der Waals surface area contributed by atoms with E-state index in [1.807, 2.05) is 74.4 Å². The van der Waals surface area contributed by atoms with E-state index in [9.17, 15) is 4.79 Å². The largest absolute Gasteiger partial charge is 0.378 e. The van der Waals surface area contributed by atoms with Gasteiger partial charge in [0.25, 0.3) is 5.91 Å². The number of para-hydroxylation sites is 1. The van der Waals surface area contributed by atoms with Crippen molar-refractivity contribution in [3.05, 3.63) is 59.7 Å². The molecule has 0 spiro atoms. The van der Waals surface area contributed by atoms with E-state index < -0.39 is 0 Å². The van der Waals surface area contributed by atoms with Crippen LogP contribution in [-0.4, -0.2) is 32.8 Å². The summed E-state index contributed by atoms with van der Waals surface area (Å²) in [6.45, 7) is 2.18. The number of carbonyl (C=O) groups is 1. The molecular weight excluding hydrogens is 288 g/mol. The summed E-state index contributed by atoms with van der Waals surface area (Å²) in [5, 5.41) is 7.06. The fourth-order valence-corrected chi connectivity index (χ4v) is 2.02. The Kier molecular flexibility index (Phi) is 5.74. The van der Waals surface area contributed by atoms with Crippen molar-refractivity contribution >= 4 is 23.5 Å². The molecule has 2 N–H and O–H groups in total. The Hall–Kier alpha value is -2.82. The quantitative estimate of drug-likeness (QED) is 0.637. The zero-order valence-electron chi connectivity index (χ0n) is 13.7. The number of anilines is 2. The highest BCUT2D eigenvalue weighted by Gasteiger charge is 2.01. The number of hydrogen-bond donors (Lipinski definition) is 2. The van der Waals surface area contributed by atoms with Crippen molar-refractivity contribution in [1.29, 1.82) is 0 Å². The van der Waals surface area contributed by atoms with E-state index in [0.29, 0.717) is 0 Å². The smallest absolute Gasteiger partial charge is 0.259 e. The summed E-state index contributed by atoms with van der Waals surface area (Å²) in [7, 11) is 3.98. The topological polar surface area (TPSA) is 56.7 Å². The first-order chi connectivity index (χ1) is 11.1. The first-order valence-corrected chi connectivity index (χ1v) is 7.45. The average molecular weight is 310 g/mol. The van der Waals surface area contributed by atoms with E-state index in [2.05, 4.69) is 15.8 Å². The Morgan fingerprint density at radius 3 is 2.48 bits per heavy atom. The van der Waals surface area contributed by atoms with Gasteiger partial charge in [0, 0.05) is 25.5 Å². The van der Waals surface area contributed by atoms with E-state index in [0.717, 1.165) is 22.5 Å². The monoisotopic (exact) mass is 310 g/mol. The van der Waals surface area contributed by atoms with Gasteiger partial charge in [-0.15, -0.1) is 0 Å². The molecule has 1 amide bonds. The summed E-state index contributed by atoms with van der Waals surface area (Å²) >= 11 is 0. The van der Waals surface area contributed by atoms with Crippen LogP contribution in [0.4, 0.5) is 11.4 Å². The van der Waals surface area contributed by atoms with Crippen LogP contribution in [0.25, 0.3) is 0 Å². The summed E-state index contributed by atoms with van der Waals surface area (Å²) in [5.74, 6) is -0.186. The first kappa shape index (κ1) is 16.5. The molecular formula is C18H22N4O. The van der Waals surface area contributed by atoms with Gasteiger partial charge in [0.1, 0.15) is 0 Å². The number of hydrazone groups is 1. The molecule has 5 heteroatoms. The number of nitrogens with one attached hydrogen (secondary N) is 2. The number of benzene rings is 2. The molecule has 0 fully saturated rings. The lowest BCUT2D eigenvalue weighted by Gasteiger charge is -2.11. The average Bonchev–Trinajstić information content (AvgIpc) is 2.54. The van der Waals surface area contributed by atoms with Crippen molar-refractivity contribution in [1.82, 2.24) is 5.43 Å². The molecule has 2 aromatic carbocycles. The maximum absolute atomic E-state index is 11.8. The molecule has 0 heterocycles. The molecule has 2 aromatic rings. The van der Waals surface area contributed by atoms with Crippen LogP contribution < -0.4 is 15.6 Å². The van der Waals surface area contributed by atoms with Crippen LogP contribution in [0, 0.1) is 6.92 Å². The van der Waals surface area contributed by atoms with E-state index >= 15 is 0 Å². The Labute approximate surface area is 137 Å². The minimum atomic E-state index is -0.186. The van der Waals surface area contributed by atoms with Gasteiger partial charge in [0.05, 0.1) is 12.8 Å². The highest BCUT2D eigenvalue weighted by Crippen LogP contribution is 2.12. The van der Waals surface area contributed by atoms with Gasteiger partial charge in [0.2, 0.25) is 0 Å². The van der Waals surface area contributed by atoms with Crippen LogP contribution in [0.3, 0.4) is 0 Å². The van der Waals surface area contributed by atoms with Gasteiger partial charge in [0.15, 0.2) is 0 Å². The molecule has 0 atom stereocenters. The van der Waals surface area contributed by atoms with Crippen molar-refractivity contribution < 1.29 is 4.79 Å². The zero-order valence-corrected chi connectivity index (χ0v) is 13.7. The fraction of sp³-hybridized carbons (Fsp3) is 0.222. The molecule has 5 nitrogen and oxygen atoms in total. The van der Waals surface area contributed by atoms with E-state index in [4.69, 9.17) is 0 Å². The molecule has 0 unspecified atom stereocenters. The number of amides is 1. The third-order valence-electron chi connectivity index (χ3n) is 3.40. The van der Waals surface area contributed by atoms with Gasteiger partial charge in [-0.3, -0.25) is 4.79 Å². The first-order valence-electron chi connectivity index (χ1n) is 7.45. The van der Waals surface area contributed by atoms with Crippen molar-refractivity contribution in [2.45, 2.75) is 6.92 Å². The maximum Gasteiger partial charge on any atom is 0.259 e. The third kappa shape index (κ3) is 5.14. The van der Waals surface area contributed by atoms with Gasteiger partial charge in [-0.1, -0.05) is 30.3 Å². The van der Waals surface area contributed by atoms with E-state index in [-0.39, 0.29) is 12.5 Å². The van der Waals surface area contributed by atoms with E-state index in [1.165, 1.54) is 0 Å². The van der Waals surface area contributed by atoms with Crippen molar-refractivity contribution in [3.63, 3.8) is 0 Å². The van der Waals surface area contributed by atoms with Crippen LogP contribution in [-0.2, 0) is 4.79 Å². The predicted molar refractivity (Wildman–Crippen MR) is 96.2 cm³/mol. The minimum absolute atomic E-state index is 0.182. The number of carbonyl (C=O) groups excluding carboxylic acids is 1. The zero-order chi connectivity index (χ0) is 16.7. The fourth-order valence-electron chi connectivity index (χ4n) is 2.02. The van der Waals surface area contributed by atoms with Crippen molar-refractivity contribution in [3.8, 4) is 0 Å². The number of rotatable bonds is 6. The highest BCUT2D eigenvalue weighted by atomic mass is 16.2. The van der Waals surface area contributed by atoms with Crippen LogP contribution in [0.15, 0.2) is 53.6 Å². The molecule has 0 aromatic heterocycles. The van der Waals surface area contributed by atoms with Gasteiger partial charge < -0.3 is 10.2 Å². The lowest BCUT2D eigenvalue weighted by Crippen LogP contribution is -2.26. The maximum atomic E-state index is 11.8. The normalized spacial score (nSPS) is 10.6. The van der Waals surface area contributed by atoms with Crippen LogP contribution in [0.2, 0.25) is 0 Å². The van der Waals surface area contributed by atoms with Crippen LogP contribution in [0.5, 0.6) is 0 Å². The van der Waals surface area contributed by atoms with Gasteiger partial charge in [-0.2, -0.15) is 5.10 Å². The molecule has 0 radical (unpaired) electrons. The second kappa shape index (κ2) is 7.98.